The number of rotatable bonds is 3. The number of nitrogen functional groups attached to an aromatic ring is 1. The average Bonchev–Trinajstić information content (AvgIpc) is 3.13. The predicted molar refractivity (Wildman–Crippen MR) is 121 cm³/mol. The Morgan fingerprint density at radius 2 is 1.74 bits per heavy atom. The third-order valence-corrected chi connectivity index (χ3v) is 6.27. The van der Waals surface area contributed by atoms with Crippen LogP contribution in [0.3, 0.4) is 0 Å². The van der Waals surface area contributed by atoms with Crippen LogP contribution in [0.5, 0.6) is 0 Å². The lowest BCUT2D eigenvalue weighted by Crippen LogP contribution is -2.16. The van der Waals surface area contributed by atoms with Crippen molar-refractivity contribution in [3.05, 3.63) is 72.9 Å². The summed E-state index contributed by atoms with van der Waals surface area (Å²) in [6.45, 7) is 0. The van der Waals surface area contributed by atoms with Gasteiger partial charge in [-0.25, -0.2) is 19.3 Å². The minimum absolute atomic E-state index is 0.346. The van der Waals surface area contributed by atoms with Crippen LogP contribution in [0.1, 0.15) is 25.3 Å². The first kappa shape index (κ1) is 18.0. The summed E-state index contributed by atoms with van der Waals surface area (Å²) in [5, 5.41) is 1.46. The highest BCUT2D eigenvalue weighted by molar-refractivity contribution is 6.02. The number of anilines is 1. The largest absolute Gasteiger partial charge is 0.383 e. The summed E-state index contributed by atoms with van der Waals surface area (Å²) in [4.78, 5) is 13.3. The van der Waals surface area contributed by atoms with Crippen LogP contribution in [-0.4, -0.2) is 19.5 Å². The van der Waals surface area contributed by atoms with Gasteiger partial charge in [0.1, 0.15) is 23.3 Å². The molecular formula is C25H20FN5. The van der Waals surface area contributed by atoms with Crippen LogP contribution in [0.2, 0.25) is 0 Å². The van der Waals surface area contributed by atoms with Gasteiger partial charge in [0.05, 0.1) is 11.1 Å². The van der Waals surface area contributed by atoms with Crippen LogP contribution in [-0.2, 0) is 0 Å². The van der Waals surface area contributed by atoms with Gasteiger partial charge in [0.2, 0.25) is 0 Å². The summed E-state index contributed by atoms with van der Waals surface area (Å²) in [6, 6.07) is 17.7. The molecule has 0 bridgehead atoms. The molecule has 2 aromatic carbocycles. The number of hydrogen-bond acceptors (Lipinski definition) is 4. The van der Waals surface area contributed by atoms with Crippen LogP contribution in [0.25, 0.3) is 44.3 Å². The first-order valence-electron chi connectivity index (χ1n) is 10.5. The summed E-state index contributed by atoms with van der Waals surface area (Å²) < 4.78 is 18.0. The summed E-state index contributed by atoms with van der Waals surface area (Å²) in [7, 11) is 0. The molecule has 0 spiro atoms. The van der Waals surface area contributed by atoms with Crippen LogP contribution in [0, 0.1) is 5.82 Å². The molecule has 152 valence electrons. The predicted octanol–water partition coefficient (Wildman–Crippen LogP) is 5.76. The Labute approximate surface area is 178 Å². The molecule has 0 radical (unpaired) electrons. The van der Waals surface area contributed by atoms with Crippen LogP contribution in [0.4, 0.5) is 10.2 Å². The lowest BCUT2D eigenvalue weighted by atomic mass is 9.93. The molecule has 3 aromatic heterocycles. The number of halogens is 1. The van der Waals surface area contributed by atoms with Crippen molar-refractivity contribution in [2.45, 2.75) is 25.3 Å². The van der Waals surface area contributed by atoms with Crippen molar-refractivity contribution in [3.8, 4) is 22.4 Å². The second-order valence-corrected chi connectivity index (χ2v) is 8.05. The van der Waals surface area contributed by atoms with E-state index in [2.05, 4.69) is 19.5 Å². The van der Waals surface area contributed by atoms with E-state index in [0.717, 1.165) is 35.1 Å². The van der Waals surface area contributed by atoms with Gasteiger partial charge in [-0.2, -0.15) is 0 Å². The zero-order chi connectivity index (χ0) is 20.9. The lowest BCUT2D eigenvalue weighted by Gasteiger charge is -2.27. The minimum atomic E-state index is -0.355. The van der Waals surface area contributed by atoms with E-state index >= 15 is 4.39 Å². The van der Waals surface area contributed by atoms with E-state index in [1.165, 1.54) is 12.7 Å². The quantitative estimate of drug-likeness (QED) is 0.411. The molecule has 5 nitrogen and oxygen atoms in total. The van der Waals surface area contributed by atoms with Crippen molar-refractivity contribution in [1.29, 1.82) is 0 Å². The molecule has 5 aromatic rings. The first-order valence-corrected chi connectivity index (χ1v) is 10.5. The zero-order valence-electron chi connectivity index (χ0n) is 16.8. The molecule has 0 unspecified atom stereocenters. The van der Waals surface area contributed by atoms with Gasteiger partial charge in [-0.05, 0) is 25.3 Å². The third kappa shape index (κ3) is 2.79. The van der Waals surface area contributed by atoms with Crippen LogP contribution < -0.4 is 5.73 Å². The Bertz CT molecular complexity index is 1440. The molecule has 0 amide bonds. The maximum absolute atomic E-state index is 15.9. The van der Waals surface area contributed by atoms with Gasteiger partial charge in [0.25, 0.3) is 0 Å². The van der Waals surface area contributed by atoms with E-state index < -0.39 is 0 Å². The summed E-state index contributed by atoms with van der Waals surface area (Å²) >= 11 is 0. The molecule has 6 heteroatoms. The number of pyridine rings is 1. The molecule has 2 N–H and O–H groups in total. The normalized spacial score (nSPS) is 14.2. The maximum atomic E-state index is 15.9. The minimum Gasteiger partial charge on any atom is -0.383 e. The molecule has 1 saturated carbocycles. The zero-order valence-corrected chi connectivity index (χ0v) is 16.8. The highest BCUT2D eigenvalue weighted by atomic mass is 19.1. The number of nitrogens with zero attached hydrogens (tertiary/aromatic N) is 4. The van der Waals surface area contributed by atoms with E-state index in [9.17, 15) is 0 Å². The molecular weight excluding hydrogens is 389 g/mol. The molecule has 3 heterocycles. The van der Waals surface area contributed by atoms with E-state index in [0.29, 0.717) is 33.9 Å². The van der Waals surface area contributed by atoms with Crippen molar-refractivity contribution in [1.82, 2.24) is 19.5 Å². The fourth-order valence-electron chi connectivity index (χ4n) is 4.39. The van der Waals surface area contributed by atoms with Gasteiger partial charge in [-0.3, -0.25) is 0 Å². The van der Waals surface area contributed by atoms with Gasteiger partial charge >= 0.3 is 0 Å². The highest BCUT2D eigenvalue weighted by Crippen LogP contribution is 2.41. The van der Waals surface area contributed by atoms with Crippen molar-refractivity contribution in [2.24, 2.45) is 0 Å². The number of fused-ring (bicyclic) bond motifs is 2. The topological polar surface area (TPSA) is 69.6 Å². The Hall–Kier alpha value is -3.80. The van der Waals surface area contributed by atoms with E-state index in [4.69, 9.17) is 5.73 Å². The molecule has 0 atom stereocenters. The smallest absolute Gasteiger partial charge is 0.157 e. The fraction of sp³-hybridized carbons (Fsp3) is 0.160. The van der Waals surface area contributed by atoms with Crippen LogP contribution in [0.15, 0.2) is 67.1 Å². The van der Waals surface area contributed by atoms with Crippen molar-refractivity contribution in [3.63, 3.8) is 0 Å². The molecule has 0 aliphatic heterocycles. The molecule has 1 fully saturated rings. The first-order chi connectivity index (χ1) is 15.2. The van der Waals surface area contributed by atoms with Crippen LogP contribution >= 0.6 is 0 Å². The Balaban J connectivity index is 1.58. The summed E-state index contributed by atoms with van der Waals surface area (Å²) in [5.74, 6) is 0.00904. The van der Waals surface area contributed by atoms with Crippen molar-refractivity contribution in [2.75, 3.05) is 5.73 Å². The molecule has 6 rings (SSSR count). The maximum Gasteiger partial charge on any atom is 0.157 e. The molecule has 1 aliphatic carbocycles. The summed E-state index contributed by atoms with van der Waals surface area (Å²) in [6.07, 6.45) is 6.83. The Kier molecular flexibility index (Phi) is 3.99. The second kappa shape index (κ2) is 6.87. The number of hydrogen-bond donors (Lipinski definition) is 1. The Morgan fingerprint density at radius 3 is 2.52 bits per heavy atom. The van der Waals surface area contributed by atoms with Gasteiger partial charge in [-0.1, -0.05) is 48.5 Å². The summed E-state index contributed by atoms with van der Waals surface area (Å²) in [5.41, 5.74) is 10.2. The Morgan fingerprint density at radius 1 is 0.935 bits per heavy atom. The molecule has 0 saturated heterocycles. The van der Waals surface area contributed by atoms with Crippen molar-refractivity contribution < 1.29 is 4.39 Å². The average molecular weight is 409 g/mol. The third-order valence-electron chi connectivity index (χ3n) is 6.27. The van der Waals surface area contributed by atoms with E-state index in [-0.39, 0.29) is 5.82 Å². The molecule has 1 aliphatic rings. The van der Waals surface area contributed by atoms with Gasteiger partial charge in [-0.15, -0.1) is 0 Å². The van der Waals surface area contributed by atoms with E-state index in [1.54, 1.807) is 6.07 Å². The van der Waals surface area contributed by atoms with Gasteiger partial charge < -0.3 is 10.3 Å². The SMILES string of the molecule is Nc1ncnc2c1c(-c1ccc3ccc(-c4ccccc4)nc3c1F)cn2C1CCC1. The highest BCUT2D eigenvalue weighted by Gasteiger charge is 2.26. The fourth-order valence-corrected chi connectivity index (χ4v) is 4.39. The monoisotopic (exact) mass is 409 g/mol. The van der Waals surface area contributed by atoms with Gasteiger partial charge in [0, 0.05) is 34.3 Å². The number of nitrogens with two attached hydrogens (primary N) is 1. The number of benzene rings is 2. The lowest BCUT2D eigenvalue weighted by molar-refractivity contribution is 0.320. The van der Waals surface area contributed by atoms with Crippen molar-refractivity contribution >= 4 is 27.8 Å². The molecule has 31 heavy (non-hydrogen) atoms. The standard InChI is InChI=1S/C25H20FN5/c26-22-18(11-9-16-10-12-20(30-23(16)22)15-5-2-1-3-6-15)19-13-31(17-7-4-8-17)25-21(19)24(27)28-14-29-25/h1-3,5-6,9-14,17H,4,7-8H2,(H2,27,28,29). The van der Waals surface area contributed by atoms with Gasteiger partial charge in [0.15, 0.2) is 5.82 Å². The number of aromatic nitrogens is 4. The van der Waals surface area contributed by atoms with E-state index in [1.807, 2.05) is 54.7 Å². The second-order valence-electron chi connectivity index (χ2n) is 8.05.